The van der Waals surface area contributed by atoms with E-state index in [1.54, 1.807) is 11.8 Å². The molecule has 0 fully saturated rings. The largest absolute Gasteiger partial charge is 0.477 e. The number of nitrogens with one attached hydrogen (secondary N) is 1. The Bertz CT molecular complexity index is 664. The van der Waals surface area contributed by atoms with Crippen molar-refractivity contribution >= 4 is 17.7 Å². The topological polar surface area (TPSA) is 75.2 Å². The minimum atomic E-state index is -1.02. The first-order valence-corrected chi connectivity index (χ1v) is 6.57. The van der Waals surface area contributed by atoms with E-state index in [1.807, 2.05) is 32.0 Å². The van der Waals surface area contributed by atoms with Gasteiger partial charge in [0.25, 0.3) is 0 Å². The lowest BCUT2D eigenvalue weighted by Crippen LogP contribution is -2.17. The fourth-order valence-corrected chi connectivity index (χ4v) is 2.96. The number of fused-ring (bicyclic) bond motifs is 1. The van der Waals surface area contributed by atoms with Crippen LogP contribution in [-0.2, 0) is 0 Å². The number of benzene rings is 1. The van der Waals surface area contributed by atoms with E-state index in [0.29, 0.717) is 5.69 Å². The smallest absolute Gasteiger partial charge is 0.353 e. The third-order valence-electron chi connectivity index (χ3n) is 2.76. The van der Waals surface area contributed by atoms with Crippen LogP contribution in [0.25, 0.3) is 11.3 Å². The van der Waals surface area contributed by atoms with Gasteiger partial charge in [0.1, 0.15) is 11.4 Å². The number of carboxylic acid groups (broad SMARTS) is 1. The van der Waals surface area contributed by atoms with E-state index in [0.717, 1.165) is 16.2 Å². The summed E-state index contributed by atoms with van der Waals surface area (Å²) in [6.07, 6.45) is 0. The molecule has 6 heteroatoms. The van der Waals surface area contributed by atoms with E-state index in [-0.39, 0.29) is 10.6 Å². The van der Waals surface area contributed by atoms with Crippen LogP contribution < -0.4 is 4.74 Å². The maximum Gasteiger partial charge on any atom is 0.353 e. The Balaban J connectivity index is 1.97. The quantitative estimate of drug-likeness (QED) is 0.882. The zero-order valence-corrected chi connectivity index (χ0v) is 11.2. The van der Waals surface area contributed by atoms with E-state index in [4.69, 9.17) is 9.84 Å². The van der Waals surface area contributed by atoms with Gasteiger partial charge in [-0.05, 0) is 32.0 Å². The number of carbonyl (C=O) groups is 1. The van der Waals surface area contributed by atoms with Crippen molar-refractivity contribution < 1.29 is 14.6 Å². The molecular weight excluding hydrogens is 264 g/mol. The number of hydrogen-bond donors (Lipinski definition) is 2. The minimum absolute atomic E-state index is 0.0751. The second-order valence-corrected chi connectivity index (χ2v) is 6.36. The number of aromatic amines is 1. The number of nitrogens with zero attached hydrogens (tertiary/aromatic N) is 1. The highest BCUT2D eigenvalue weighted by molar-refractivity contribution is 8.00. The van der Waals surface area contributed by atoms with Crippen molar-refractivity contribution in [3.05, 3.63) is 30.0 Å². The molecule has 0 spiro atoms. The van der Waals surface area contributed by atoms with Crippen molar-refractivity contribution in [1.29, 1.82) is 0 Å². The summed E-state index contributed by atoms with van der Waals surface area (Å²) in [5, 5.41) is 15.4. The maximum absolute atomic E-state index is 10.8. The molecule has 1 aliphatic heterocycles. The molecule has 0 amide bonds. The van der Waals surface area contributed by atoms with E-state index in [1.165, 1.54) is 6.07 Å². The molecule has 1 aliphatic rings. The molecule has 0 radical (unpaired) electrons. The second kappa shape index (κ2) is 4.03. The maximum atomic E-state index is 10.8. The highest BCUT2D eigenvalue weighted by atomic mass is 32.2. The predicted octanol–water partition coefficient (Wildman–Crippen LogP) is 3.00. The number of thioether (sulfide) groups is 1. The van der Waals surface area contributed by atoms with Gasteiger partial charge in [-0.25, -0.2) is 4.79 Å². The Hall–Kier alpha value is -1.95. The van der Waals surface area contributed by atoms with Crippen LogP contribution in [0.4, 0.5) is 0 Å². The summed E-state index contributed by atoms with van der Waals surface area (Å²) >= 11 is 1.66. The summed E-state index contributed by atoms with van der Waals surface area (Å²) in [5.74, 6) is -0.208. The molecule has 2 heterocycles. The lowest BCUT2D eigenvalue weighted by molar-refractivity contribution is 0.0690. The molecule has 0 atom stereocenters. The van der Waals surface area contributed by atoms with Gasteiger partial charge in [-0.3, -0.25) is 5.10 Å². The SMILES string of the molecule is CC1(C)Oc2cc(-c3cc(C(=O)O)[nH]n3)ccc2S1. The average molecular weight is 276 g/mol. The summed E-state index contributed by atoms with van der Waals surface area (Å²) in [5.41, 5.74) is 1.51. The number of rotatable bonds is 2. The van der Waals surface area contributed by atoms with Gasteiger partial charge in [0, 0.05) is 5.56 Å². The molecule has 2 N–H and O–H groups in total. The van der Waals surface area contributed by atoms with Crippen LogP contribution in [0.1, 0.15) is 24.3 Å². The number of carboxylic acids is 1. The molecule has 5 nitrogen and oxygen atoms in total. The fraction of sp³-hybridized carbons (Fsp3) is 0.231. The van der Waals surface area contributed by atoms with Gasteiger partial charge in [0.2, 0.25) is 0 Å². The number of ether oxygens (including phenoxy) is 1. The van der Waals surface area contributed by atoms with Crippen molar-refractivity contribution in [2.45, 2.75) is 23.7 Å². The summed E-state index contributed by atoms with van der Waals surface area (Å²) in [6, 6.07) is 7.29. The number of hydrogen-bond acceptors (Lipinski definition) is 4. The third kappa shape index (κ3) is 2.19. The molecule has 2 aromatic rings. The first-order valence-electron chi connectivity index (χ1n) is 5.76. The summed E-state index contributed by atoms with van der Waals surface area (Å²) in [6.45, 7) is 4.02. The summed E-state index contributed by atoms with van der Waals surface area (Å²) in [4.78, 5) is 11.6. The van der Waals surface area contributed by atoms with Crippen LogP contribution in [-0.4, -0.2) is 26.2 Å². The highest BCUT2D eigenvalue weighted by Gasteiger charge is 2.31. The van der Waals surface area contributed by atoms with Gasteiger partial charge in [-0.2, -0.15) is 5.10 Å². The van der Waals surface area contributed by atoms with Crippen LogP contribution in [0, 0.1) is 0 Å². The van der Waals surface area contributed by atoms with Crippen molar-refractivity contribution in [1.82, 2.24) is 10.2 Å². The lowest BCUT2D eigenvalue weighted by atomic mass is 10.1. The zero-order chi connectivity index (χ0) is 13.6. The van der Waals surface area contributed by atoms with Crippen LogP contribution in [0.15, 0.2) is 29.2 Å². The van der Waals surface area contributed by atoms with Gasteiger partial charge >= 0.3 is 5.97 Å². The van der Waals surface area contributed by atoms with Crippen molar-refractivity contribution in [3.63, 3.8) is 0 Å². The van der Waals surface area contributed by atoms with Gasteiger partial charge < -0.3 is 9.84 Å². The Morgan fingerprint density at radius 3 is 2.89 bits per heavy atom. The van der Waals surface area contributed by atoms with Crippen LogP contribution in [0.2, 0.25) is 0 Å². The Morgan fingerprint density at radius 1 is 1.42 bits per heavy atom. The molecule has 1 aromatic heterocycles. The first-order chi connectivity index (χ1) is 8.94. The van der Waals surface area contributed by atoms with Gasteiger partial charge in [-0.15, -0.1) is 0 Å². The summed E-state index contributed by atoms with van der Waals surface area (Å²) < 4.78 is 5.82. The normalized spacial score (nSPS) is 15.9. The Morgan fingerprint density at radius 2 is 2.21 bits per heavy atom. The summed E-state index contributed by atoms with van der Waals surface area (Å²) in [7, 11) is 0. The third-order valence-corrected chi connectivity index (χ3v) is 3.89. The van der Waals surface area contributed by atoms with Crippen LogP contribution in [0.5, 0.6) is 5.75 Å². The molecule has 0 bridgehead atoms. The monoisotopic (exact) mass is 276 g/mol. The van der Waals surface area contributed by atoms with Crippen LogP contribution in [0.3, 0.4) is 0 Å². The Kier molecular flexibility index (Phi) is 2.56. The molecule has 98 valence electrons. The Labute approximate surface area is 114 Å². The molecule has 0 saturated heterocycles. The second-order valence-electron chi connectivity index (χ2n) is 4.74. The van der Waals surface area contributed by atoms with Crippen molar-refractivity contribution in [2.24, 2.45) is 0 Å². The number of aromatic nitrogens is 2. The number of H-pyrrole nitrogens is 1. The average Bonchev–Trinajstić information content (AvgIpc) is 2.89. The number of aromatic carboxylic acids is 1. The van der Waals surface area contributed by atoms with E-state index in [9.17, 15) is 4.79 Å². The fourth-order valence-electron chi connectivity index (χ4n) is 1.96. The minimum Gasteiger partial charge on any atom is -0.477 e. The van der Waals surface area contributed by atoms with Gasteiger partial charge in [0.15, 0.2) is 4.93 Å². The van der Waals surface area contributed by atoms with E-state index >= 15 is 0 Å². The molecule has 1 aromatic carbocycles. The lowest BCUT2D eigenvalue weighted by Gasteiger charge is -2.15. The van der Waals surface area contributed by atoms with Gasteiger partial charge in [-0.1, -0.05) is 17.8 Å². The predicted molar refractivity (Wildman–Crippen MR) is 71.5 cm³/mol. The van der Waals surface area contributed by atoms with Crippen LogP contribution >= 0.6 is 11.8 Å². The van der Waals surface area contributed by atoms with E-state index in [2.05, 4.69) is 10.2 Å². The molecule has 19 heavy (non-hydrogen) atoms. The van der Waals surface area contributed by atoms with Crippen molar-refractivity contribution in [2.75, 3.05) is 0 Å². The molecule has 0 saturated carbocycles. The molecular formula is C13H12N2O3S. The zero-order valence-electron chi connectivity index (χ0n) is 10.4. The standard InChI is InChI=1S/C13H12N2O3S/c1-13(2)18-10-5-7(3-4-11(10)19-13)8-6-9(12(16)17)15-14-8/h3-6H,1-2H3,(H,14,15)(H,16,17). The molecule has 3 rings (SSSR count). The van der Waals surface area contributed by atoms with Gasteiger partial charge in [0.05, 0.1) is 10.6 Å². The molecule has 0 aliphatic carbocycles. The molecule has 0 unspecified atom stereocenters. The van der Waals surface area contributed by atoms with E-state index < -0.39 is 5.97 Å². The van der Waals surface area contributed by atoms with Crippen molar-refractivity contribution in [3.8, 4) is 17.0 Å². The first kappa shape index (κ1) is 12.1. The highest BCUT2D eigenvalue weighted by Crippen LogP contribution is 2.48.